The number of nitro groups is 1. The van der Waals surface area contributed by atoms with Crippen LogP contribution < -0.4 is 5.32 Å². The van der Waals surface area contributed by atoms with Gasteiger partial charge in [-0.25, -0.2) is 0 Å². The SMILES string of the molecule is CCN(C)CCNc1ccc([N+](=O)[O-])cc1I. The first kappa shape index (κ1) is 14.2. The molecule has 1 aromatic rings. The molecular formula is C11H16IN3O2. The van der Waals surface area contributed by atoms with E-state index in [-0.39, 0.29) is 10.6 Å². The van der Waals surface area contributed by atoms with Crippen molar-refractivity contribution in [3.8, 4) is 0 Å². The Bertz CT molecular complexity index is 398. The van der Waals surface area contributed by atoms with Gasteiger partial charge in [0, 0.05) is 34.5 Å². The van der Waals surface area contributed by atoms with E-state index < -0.39 is 0 Å². The first-order valence-corrected chi connectivity index (χ1v) is 6.48. The molecule has 6 heteroatoms. The number of hydrogen-bond acceptors (Lipinski definition) is 4. The van der Waals surface area contributed by atoms with Crippen molar-refractivity contribution in [3.63, 3.8) is 0 Å². The average molecular weight is 349 g/mol. The molecule has 0 fully saturated rings. The second-order valence-electron chi connectivity index (χ2n) is 3.74. The maximum absolute atomic E-state index is 10.6. The summed E-state index contributed by atoms with van der Waals surface area (Å²) in [4.78, 5) is 12.4. The lowest BCUT2D eigenvalue weighted by atomic mass is 10.3. The predicted molar refractivity (Wildman–Crippen MR) is 77.5 cm³/mol. The largest absolute Gasteiger partial charge is 0.383 e. The zero-order chi connectivity index (χ0) is 12.8. The second kappa shape index (κ2) is 6.75. The van der Waals surface area contributed by atoms with Gasteiger partial charge in [-0.05, 0) is 42.2 Å². The molecule has 0 spiro atoms. The molecule has 0 radical (unpaired) electrons. The van der Waals surface area contributed by atoms with Crippen molar-refractivity contribution in [2.45, 2.75) is 6.92 Å². The van der Waals surface area contributed by atoms with E-state index in [9.17, 15) is 10.1 Å². The number of non-ortho nitro benzene ring substituents is 1. The fourth-order valence-corrected chi connectivity index (χ4v) is 1.99. The summed E-state index contributed by atoms with van der Waals surface area (Å²) in [5.41, 5.74) is 1.08. The number of anilines is 1. The molecule has 0 amide bonds. The lowest BCUT2D eigenvalue weighted by molar-refractivity contribution is -0.384. The van der Waals surface area contributed by atoms with E-state index in [4.69, 9.17) is 0 Å². The van der Waals surface area contributed by atoms with Gasteiger partial charge in [-0.2, -0.15) is 0 Å². The zero-order valence-electron chi connectivity index (χ0n) is 9.94. The summed E-state index contributed by atoms with van der Waals surface area (Å²) in [5.74, 6) is 0. The smallest absolute Gasteiger partial charge is 0.270 e. The molecule has 0 aliphatic heterocycles. The molecule has 17 heavy (non-hydrogen) atoms. The standard InChI is InChI=1S/C11H16IN3O2/c1-3-14(2)7-6-13-11-5-4-9(15(16)17)8-10(11)12/h4-5,8,13H,3,6-7H2,1-2H3. The summed E-state index contributed by atoms with van der Waals surface area (Å²) in [6, 6.07) is 4.85. The molecule has 0 saturated heterocycles. The highest BCUT2D eigenvalue weighted by Crippen LogP contribution is 2.23. The monoisotopic (exact) mass is 349 g/mol. The minimum Gasteiger partial charge on any atom is -0.383 e. The molecule has 0 aromatic heterocycles. The van der Waals surface area contributed by atoms with Gasteiger partial charge in [0.2, 0.25) is 0 Å². The fourth-order valence-electron chi connectivity index (χ4n) is 1.30. The summed E-state index contributed by atoms with van der Waals surface area (Å²) in [5, 5.41) is 13.9. The van der Waals surface area contributed by atoms with Crippen LogP contribution in [-0.4, -0.2) is 36.5 Å². The normalized spacial score (nSPS) is 10.6. The van der Waals surface area contributed by atoms with Crippen LogP contribution in [0.15, 0.2) is 18.2 Å². The molecule has 94 valence electrons. The minimum absolute atomic E-state index is 0.130. The molecule has 1 rings (SSSR count). The van der Waals surface area contributed by atoms with Crippen LogP contribution in [0.4, 0.5) is 11.4 Å². The Morgan fingerprint density at radius 1 is 1.53 bits per heavy atom. The van der Waals surface area contributed by atoms with E-state index >= 15 is 0 Å². The number of nitrogens with one attached hydrogen (secondary N) is 1. The van der Waals surface area contributed by atoms with Gasteiger partial charge in [0.05, 0.1) is 4.92 Å². The van der Waals surface area contributed by atoms with Crippen LogP contribution in [-0.2, 0) is 0 Å². The van der Waals surface area contributed by atoms with Crippen LogP contribution in [0.5, 0.6) is 0 Å². The summed E-state index contributed by atoms with van der Waals surface area (Å²) in [6.45, 7) is 4.90. The number of likely N-dealkylation sites (N-methyl/N-ethyl adjacent to an activating group) is 1. The molecule has 0 atom stereocenters. The van der Waals surface area contributed by atoms with E-state index in [1.165, 1.54) is 6.07 Å². The number of hydrogen-bond donors (Lipinski definition) is 1. The molecule has 0 heterocycles. The van der Waals surface area contributed by atoms with Crippen LogP contribution in [0.25, 0.3) is 0 Å². The van der Waals surface area contributed by atoms with Gasteiger partial charge in [-0.1, -0.05) is 6.92 Å². The third kappa shape index (κ3) is 4.47. The average Bonchev–Trinajstić information content (AvgIpc) is 2.30. The Balaban J connectivity index is 2.57. The van der Waals surface area contributed by atoms with E-state index in [2.05, 4.69) is 46.8 Å². The highest BCUT2D eigenvalue weighted by molar-refractivity contribution is 14.1. The maximum Gasteiger partial charge on any atom is 0.270 e. The van der Waals surface area contributed by atoms with Gasteiger partial charge in [0.25, 0.3) is 5.69 Å². The number of halogens is 1. The summed E-state index contributed by atoms with van der Waals surface area (Å²) >= 11 is 2.11. The van der Waals surface area contributed by atoms with Crippen molar-refractivity contribution in [2.75, 3.05) is 32.0 Å². The summed E-state index contributed by atoms with van der Waals surface area (Å²) in [7, 11) is 2.06. The molecule has 1 N–H and O–H groups in total. The molecule has 0 aliphatic carbocycles. The lowest BCUT2D eigenvalue weighted by Crippen LogP contribution is -2.24. The Kier molecular flexibility index (Phi) is 5.63. The van der Waals surface area contributed by atoms with Crippen LogP contribution in [0.1, 0.15) is 6.92 Å². The number of rotatable bonds is 6. The lowest BCUT2D eigenvalue weighted by Gasteiger charge is -2.15. The van der Waals surface area contributed by atoms with E-state index in [1.54, 1.807) is 12.1 Å². The Morgan fingerprint density at radius 3 is 2.76 bits per heavy atom. The van der Waals surface area contributed by atoms with Crippen LogP contribution in [0.3, 0.4) is 0 Å². The quantitative estimate of drug-likeness (QED) is 0.487. The molecule has 0 saturated carbocycles. The van der Waals surface area contributed by atoms with Crippen molar-refractivity contribution in [2.24, 2.45) is 0 Å². The molecule has 1 aromatic carbocycles. The highest BCUT2D eigenvalue weighted by Gasteiger charge is 2.08. The van der Waals surface area contributed by atoms with Gasteiger partial charge >= 0.3 is 0 Å². The molecular weight excluding hydrogens is 333 g/mol. The van der Waals surface area contributed by atoms with Crippen LogP contribution in [0.2, 0.25) is 0 Å². The van der Waals surface area contributed by atoms with Crippen LogP contribution in [0, 0.1) is 13.7 Å². The van der Waals surface area contributed by atoms with Gasteiger partial charge in [0.15, 0.2) is 0 Å². The molecule has 5 nitrogen and oxygen atoms in total. The van der Waals surface area contributed by atoms with Crippen molar-refractivity contribution in [1.82, 2.24) is 4.90 Å². The summed E-state index contributed by atoms with van der Waals surface area (Å²) in [6.07, 6.45) is 0. The van der Waals surface area contributed by atoms with E-state index in [0.717, 1.165) is 28.9 Å². The molecule has 0 bridgehead atoms. The Hall–Kier alpha value is -0.890. The first-order chi connectivity index (χ1) is 8.04. The van der Waals surface area contributed by atoms with E-state index in [1.807, 2.05) is 0 Å². The summed E-state index contributed by atoms with van der Waals surface area (Å²) < 4.78 is 0.871. The Labute approximate surface area is 114 Å². The third-order valence-electron chi connectivity index (χ3n) is 2.51. The van der Waals surface area contributed by atoms with Crippen molar-refractivity contribution in [3.05, 3.63) is 31.9 Å². The second-order valence-corrected chi connectivity index (χ2v) is 4.91. The zero-order valence-corrected chi connectivity index (χ0v) is 12.1. The fraction of sp³-hybridized carbons (Fsp3) is 0.455. The topological polar surface area (TPSA) is 58.4 Å². The highest BCUT2D eigenvalue weighted by atomic mass is 127. The number of nitro benzene ring substituents is 1. The van der Waals surface area contributed by atoms with Gasteiger partial charge in [-0.3, -0.25) is 10.1 Å². The van der Waals surface area contributed by atoms with Crippen molar-refractivity contribution >= 4 is 34.0 Å². The first-order valence-electron chi connectivity index (χ1n) is 5.41. The minimum atomic E-state index is -0.378. The number of benzene rings is 1. The van der Waals surface area contributed by atoms with Gasteiger partial charge in [-0.15, -0.1) is 0 Å². The third-order valence-corrected chi connectivity index (χ3v) is 3.40. The predicted octanol–water partition coefficient (Wildman–Crippen LogP) is 2.56. The Morgan fingerprint density at radius 2 is 2.24 bits per heavy atom. The van der Waals surface area contributed by atoms with Crippen molar-refractivity contribution in [1.29, 1.82) is 0 Å². The maximum atomic E-state index is 10.6. The van der Waals surface area contributed by atoms with E-state index in [0.29, 0.717) is 0 Å². The molecule has 0 aliphatic rings. The van der Waals surface area contributed by atoms with Crippen molar-refractivity contribution < 1.29 is 4.92 Å². The van der Waals surface area contributed by atoms with Crippen LogP contribution >= 0.6 is 22.6 Å². The number of nitrogens with zero attached hydrogens (tertiary/aromatic N) is 2. The molecule has 0 unspecified atom stereocenters. The van der Waals surface area contributed by atoms with Gasteiger partial charge in [0.1, 0.15) is 0 Å². The van der Waals surface area contributed by atoms with Gasteiger partial charge < -0.3 is 10.2 Å².